The summed E-state index contributed by atoms with van der Waals surface area (Å²) in [6.45, 7) is 2.32. The smallest absolute Gasteiger partial charge is 0.244 e. The topological polar surface area (TPSA) is 72.8 Å². The first kappa shape index (κ1) is 10.4. The summed E-state index contributed by atoms with van der Waals surface area (Å²) in [4.78, 5) is 12.8. The highest BCUT2D eigenvalue weighted by Crippen LogP contribution is 2.09. The lowest BCUT2D eigenvalue weighted by atomic mass is 10.1. The highest BCUT2D eigenvalue weighted by molar-refractivity contribution is 5.74. The SMILES string of the molecule is O=C(CCN1CCC(O)CC1)NO. The molecule has 1 aliphatic heterocycles. The van der Waals surface area contributed by atoms with Crippen molar-refractivity contribution in [3.8, 4) is 0 Å². The quantitative estimate of drug-likeness (QED) is 0.406. The molecule has 1 fully saturated rings. The van der Waals surface area contributed by atoms with Crippen LogP contribution in [0, 0.1) is 0 Å². The summed E-state index contributed by atoms with van der Waals surface area (Å²) >= 11 is 0. The van der Waals surface area contributed by atoms with Crippen molar-refractivity contribution in [2.24, 2.45) is 0 Å². The number of amides is 1. The molecule has 1 heterocycles. The van der Waals surface area contributed by atoms with Crippen LogP contribution < -0.4 is 5.48 Å². The summed E-state index contributed by atoms with van der Waals surface area (Å²) in [7, 11) is 0. The van der Waals surface area contributed by atoms with Crippen molar-refractivity contribution in [2.75, 3.05) is 19.6 Å². The van der Waals surface area contributed by atoms with Crippen molar-refractivity contribution in [3.05, 3.63) is 0 Å². The molecule has 0 aliphatic carbocycles. The number of aliphatic hydroxyl groups excluding tert-OH is 1. The van der Waals surface area contributed by atoms with Crippen LogP contribution in [0.15, 0.2) is 0 Å². The molecule has 0 spiro atoms. The van der Waals surface area contributed by atoms with Crippen LogP contribution in [-0.4, -0.2) is 46.9 Å². The summed E-state index contributed by atoms with van der Waals surface area (Å²) < 4.78 is 0. The first-order valence-electron chi connectivity index (χ1n) is 4.55. The predicted octanol–water partition coefficient (Wildman–Crippen LogP) is -0.661. The van der Waals surface area contributed by atoms with E-state index in [4.69, 9.17) is 5.21 Å². The molecule has 0 unspecified atom stereocenters. The maximum atomic E-state index is 10.7. The standard InChI is InChI=1S/C8H16N2O3/c11-7-1-4-10(5-2-7)6-3-8(12)9-13/h7,11,13H,1-6H2,(H,9,12). The fraction of sp³-hybridized carbons (Fsp3) is 0.875. The first-order chi connectivity index (χ1) is 6.22. The molecular formula is C8H16N2O3. The van der Waals surface area contributed by atoms with Gasteiger partial charge < -0.3 is 10.0 Å². The number of piperidine rings is 1. The van der Waals surface area contributed by atoms with Gasteiger partial charge in [0, 0.05) is 26.1 Å². The normalized spacial score (nSPS) is 20.2. The fourth-order valence-corrected chi connectivity index (χ4v) is 1.46. The number of hydroxylamine groups is 1. The number of rotatable bonds is 3. The summed E-state index contributed by atoms with van der Waals surface area (Å²) in [5, 5.41) is 17.5. The van der Waals surface area contributed by atoms with Crippen LogP contribution in [0.2, 0.25) is 0 Å². The van der Waals surface area contributed by atoms with E-state index in [2.05, 4.69) is 4.90 Å². The minimum absolute atomic E-state index is 0.178. The van der Waals surface area contributed by atoms with Gasteiger partial charge in [-0.05, 0) is 12.8 Å². The minimum Gasteiger partial charge on any atom is -0.393 e. The lowest BCUT2D eigenvalue weighted by molar-refractivity contribution is -0.129. The number of hydrogen-bond acceptors (Lipinski definition) is 4. The van der Waals surface area contributed by atoms with Gasteiger partial charge in [0.05, 0.1) is 6.10 Å². The number of nitrogens with one attached hydrogen (secondary N) is 1. The van der Waals surface area contributed by atoms with E-state index in [1.807, 2.05) is 0 Å². The predicted molar refractivity (Wildman–Crippen MR) is 46.2 cm³/mol. The van der Waals surface area contributed by atoms with E-state index in [1.165, 1.54) is 0 Å². The third kappa shape index (κ3) is 3.71. The number of carbonyl (C=O) groups is 1. The average molecular weight is 188 g/mol. The highest BCUT2D eigenvalue weighted by Gasteiger charge is 2.16. The Kier molecular flexibility index (Phi) is 4.14. The van der Waals surface area contributed by atoms with E-state index in [0.717, 1.165) is 25.9 Å². The largest absolute Gasteiger partial charge is 0.393 e. The average Bonchev–Trinajstić information content (AvgIpc) is 2.16. The fourth-order valence-electron chi connectivity index (χ4n) is 1.46. The molecule has 0 aromatic carbocycles. The van der Waals surface area contributed by atoms with Gasteiger partial charge in [0.25, 0.3) is 0 Å². The molecule has 13 heavy (non-hydrogen) atoms. The molecular weight excluding hydrogens is 172 g/mol. The van der Waals surface area contributed by atoms with Gasteiger partial charge in [0.2, 0.25) is 5.91 Å². The second-order valence-electron chi connectivity index (χ2n) is 3.36. The van der Waals surface area contributed by atoms with Crippen molar-refractivity contribution < 1.29 is 15.1 Å². The maximum absolute atomic E-state index is 10.7. The van der Waals surface area contributed by atoms with Crippen molar-refractivity contribution >= 4 is 5.91 Å². The number of likely N-dealkylation sites (tertiary alicyclic amines) is 1. The van der Waals surface area contributed by atoms with Gasteiger partial charge in [-0.2, -0.15) is 0 Å². The summed E-state index contributed by atoms with van der Waals surface area (Å²) in [5.41, 5.74) is 1.60. The Labute approximate surface area is 77.3 Å². The Morgan fingerprint density at radius 3 is 2.62 bits per heavy atom. The highest BCUT2D eigenvalue weighted by atomic mass is 16.5. The molecule has 5 heteroatoms. The summed E-state index contributed by atoms with van der Waals surface area (Å²) in [6.07, 6.45) is 1.69. The Morgan fingerprint density at radius 2 is 2.08 bits per heavy atom. The molecule has 3 N–H and O–H groups in total. The monoisotopic (exact) mass is 188 g/mol. The van der Waals surface area contributed by atoms with E-state index >= 15 is 0 Å². The maximum Gasteiger partial charge on any atom is 0.244 e. The van der Waals surface area contributed by atoms with Crippen molar-refractivity contribution in [3.63, 3.8) is 0 Å². The van der Waals surface area contributed by atoms with Crippen molar-refractivity contribution in [1.82, 2.24) is 10.4 Å². The van der Waals surface area contributed by atoms with Crippen molar-refractivity contribution in [1.29, 1.82) is 0 Å². The van der Waals surface area contributed by atoms with Gasteiger partial charge in [0.15, 0.2) is 0 Å². The van der Waals surface area contributed by atoms with Gasteiger partial charge in [-0.1, -0.05) is 0 Å². The van der Waals surface area contributed by atoms with Gasteiger partial charge in [0.1, 0.15) is 0 Å². The summed E-state index contributed by atoms with van der Waals surface area (Å²) in [6, 6.07) is 0. The molecule has 0 radical (unpaired) electrons. The molecule has 5 nitrogen and oxygen atoms in total. The van der Waals surface area contributed by atoms with Gasteiger partial charge in [-0.25, -0.2) is 5.48 Å². The molecule has 0 atom stereocenters. The van der Waals surface area contributed by atoms with Gasteiger partial charge in [-0.3, -0.25) is 10.0 Å². The molecule has 1 saturated heterocycles. The Hall–Kier alpha value is -0.650. The number of nitrogens with zero attached hydrogens (tertiary/aromatic N) is 1. The van der Waals surface area contributed by atoms with Gasteiger partial charge >= 0.3 is 0 Å². The molecule has 0 saturated carbocycles. The second kappa shape index (κ2) is 5.16. The molecule has 1 amide bonds. The van der Waals surface area contributed by atoms with Crippen LogP contribution in [-0.2, 0) is 4.79 Å². The zero-order valence-electron chi connectivity index (χ0n) is 7.57. The van der Waals surface area contributed by atoms with Crippen LogP contribution in [0.1, 0.15) is 19.3 Å². The zero-order valence-corrected chi connectivity index (χ0v) is 7.57. The van der Waals surface area contributed by atoms with E-state index in [0.29, 0.717) is 13.0 Å². The Bertz CT molecular complexity index is 167. The number of hydrogen-bond donors (Lipinski definition) is 3. The lowest BCUT2D eigenvalue weighted by Gasteiger charge is -2.28. The Balaban J connectivity index is 2.12. The minimum atomic E-state index is -0.355. The molecule has 1 aliphatic rings. The van der Waals surface area contributed by atoms with E-state index in [1.54, 1.807) is 5.48 Å². The summed E-state index contributed by atoms with van der Waals surface area (Å²) in [5.74, 6) is -0.355. The lowest BCUT2D eigenvalue weighted by Crippen LogP contribution is -2.38. The van der Waals surface area contributed by atoms with Crippen LogP contribution in [0.4, 0.5) is 0 Å². The molecule has 0 aromatic rings. The zero-order chi connectivity index (χ0) is 9.68. The molecule has 0 bridgehead atoms. The van der Waals surface area contributed by atoms with E-state index in [-0.39, 0.29) is 12.0 Å². The molecule has 76 valence electrons. The van der Waals surface area contributed by atoms with E-state index < -0.39 is 0 Å². The third-order valence-electron chi connectivity index (χ3n) is 2.34. The third-order valence-corrected chi connectivity index (χ3v) is 2.34. The van der Waals surface area contributed by atoms with E-state index in [9.17, 15) is 9.90 Å². The van der Waals surface area contributed by atoms with Crippen LogP contribution >= 0.6 is 0 Å². The molecule has 1 rings (SSSR count). The molecule has 0 aromatic heterocycles. The second-order valence-corrected chi connectivity index (χ2v) is 3.36. The van der Waals surface area contributed by atoms with Crippen LogP contribution in [0.3, 0.4) is 0 Å². The van der Waals surface area contributed by atoms with Crippen LogP contribution in [0.5, 0.6) is 0 Å². The van der Waals surface area contributed by atoms with Gasteiger partial charge in [-0.15, -0.1) is 0 Å². The number of aliphatic hydroxyl groups is 1. The first-order valence-corrected chi connectivity index (χ1v) is 4.55. The number of carbonyl (C=O) groups excluding carboxylic acids is 1. The van der Waals surface area contributed by atoms with Crippen LogP contribution in [0.25, 0.3) is 0 Å². The Morgan fingerprint density at radius 1 is 1.46 bits per heavy atom. The van der Waals surface area contributed by atoms with Crippen molar-refractivity contribution in [2.45, 2.75) is 25.4 Å².